The van der Waals surface area contributed by atoms with Crippen LogP contribution in [0.25, 0.3) is 6.08 Å². The Labute approximate surface area is 85.4 Å². The van der Waals surface area contributed by atoms with Crippen molar-refractivity contribution in [1.29, 1.82) is 0 Å². The van der Waals surface area contributed by atoms with E-state index in [1.165, 1.54) is 0 Å². The molecule has 1 aromatic heterocycles. The second kappa shape index (κ2) is 4.37. The highest BCUT2D eigenvalue weighted by Gasteiger charge is 2.35. The molecule has 0 atom stereocenters. The number of H-pyrrole nitrogens is 1. The molecular weight excluding hydrogens is 207 g/mol. The van der Waals surface area contributed by atoms with Crippen LogP contribution in [0, 0.1) is 0 Å². The first-order valence-corrected chi connectivity index (χ1v) is 4.65. The summed E-state index contributed by atoms with van der Waals surface area (Å²) < 4.78 is 36.4. The van der Waals surface area contributed by atoms with Gasteiger partial charge in [0.15, 0.2) is 5.82 Å². The molecule has 6 heteroatoms. The van der Waals surface area contributed by atoms with Crippen molar-refractivity contribution in [3.63, 3.8) is 0 Å². The first kappa shape index (κ1) is 11.6. The molecule has 0 aliphatic carbocycles. The predicted molar refractivity (Wildman–Crippen MR) is 52.5 cm³/mol. The third kappa shape index (κ3) is 2.51. The molecule has 3 nitrogen and oxygen atoms in total. The Balaban J connectivity index is 0.000000531. The Morgan fingerprint density at radius 1 is 1.33 bits per heavy atom. The monoisotopic (exact) mass is 219 g/mol. The molecule has 0 saturated heterocycles. The summed E-state index contributed by atoms with van der Waals surface area (Å²) in [6.07, 6.45) is -1.11. The SMILES string of the molecule is CC.FC(F)(F)c1nc2c([nH]1)C=CCN2. The number of anilines is 1. The number of nitrogens with zero attached hydrogens (tertiary/aromatic N) is 1. The van der Waals surface area contributed by atoms with Gasteiger partial charge in [-0.15, -0.1) is 0 Å². The minimum atomic E-state index is -4.41. The zero-order valence-electron chi connectivity index (χ0n) is 8.44. The molecule has 0 unspecified atom stereocenters. The van der Waals surface area contributed by atoms with Gasteiger partial charge in [0.1, 0.15) is 0 Å². The van der Waals surface area contributed by atoms with Crippen LogP contribution in [0.1, 0.15) is 25.4 Å². The number of hydrogen-bond donors (Lipinski definition) is 2. The zero-order valence-corrected chi connectivity index (χ0v) is 8.44. The number of alkyl halides is 3. The number of halogens is 3. The quantitative estimate of drug-likeness (QED) is 0.704. The molecule has 1 aromatic rings. The van der Waals surface area contributed by atoms with Gasteiger partial charge in [-0.05, 0) is 6.08 Å². The van der Waals surface area contributed by atoms with E-state index >= 15 is 0 Å². The van der Waals surface area contributed by atoms with Crippen molar-refractivity contribution in [2.75, 3.05) is 11.9 Å². The number of aromatic amines is 1. The average molecular weight is 219 g/mol. The van der Waals surface area contributed by atoms with Gasteiger partial charge in [-0.2, -0.15) is 13.2 Å². The molecule has 0 radical (unpaired) electrons. The lowest BCUT2D eigenvalue weighted by molar-refractivity contribution is -0.144. The molecule has 84 valence electrons. The van der Waals surface area contributed by atoms with E-state index in [2.05, 4.69) is 15.3 Å². The van der Waals surface area contributed by atoms with Gasteiger partial charge in [-0.25, -0.2) is 4.98 Å². The van der Waals surface area contributed by atoms with Gasteiger partial charge < -0.3 is 10.3 Å². The Kier molecular flexibility index (Phi) is 3.39. The summed E-state index contributed by atoms with van der Waals surface area (Å²) in [5, 5.41) is 2.73. The van der Waals surface area contributed by atoms with Crippen LogP contribution in [0.3, 0.4) is 0 Å². The van der Waals surface area contributed by atoms with Gasteiger partial charge in [-0.1, -0.05) is 19.9 Å². The van der Waals surface area contributed by atoms with Crippen molar-refractivity contribution >= 4 is 11.9 Å². The maximum atomic E-state index is 12.1. The predicted octanol–water partition coefficient (Wildman–Crippen LogP) is 2.89. The molecular formula is C9H12F3N3. The van der Waals surface area contributed by atoms with Crippen LogP contribution >= 0.6 is 0 Å². The molecule has 0 saturated carbocycles. The van der Waals surface area contributed by atoms with Crippen LogP contribution in [0.5, 0.6) is 0 Å². The Hall–Kier alpha value is -1.46. The van der Waals surface area contributed by atoms with Crippen molar-refractivity contribution in [3.8, 4) is 0 Å². The van der Waals surface area contributed by atoms with Gasteiger partial charge in [0.2, 0.25) is 5.82 Å². The molecule has 15 heavy (non-hydrogen) atoms. The highest BCUT2D eigenvalue weighted by Crippen LogP contribution is 2.30. The third-order valence-corrected chi connectivity index (χ3v) is 1.67. The normalized spacial score (nSPS) is 13.7. The Bertz CT molecular complexity index is 352. The maximum absolute atomic E-state index is 12.1. The van der Waals surface area contributed by atoms with E-state index in [1.807, 2.05) is 13.8 Å². The topological polar surface area (TPSA) is 40.7 Å². The van der Waals surface area contributed by atoms with E-state index in [0.29, 0.717) is 12.2 Å². The molecule has 0 fully saturated rings. The summed E-state index contributed by atoms with van der Waals surface area (Å²) in [6, 6.07) is 0. The number of aromatic nitrogens is 2. The van der Waals surface area contributed by atoms with Gasteiger partial charge in [0.25, 0.3) is 0 Å². The van der Waals surface area contributed by atoms with Crippen molar-refractivity contribution < 1.29 is 13.2 Å². The lowest BCUT2D eigenvalue weighted by Gasteiger charge is -2.04. The smallest absolute Gasteiger partial charge is 0.365 e. The summed E-state index contributed by atoms with van der Waals surface area (Å²) in [6.45, 7) is 4.51. The van der Waals surface area contributed by atoms with E-state index < -0.39 is 12.0 Å². The fourth-order valence-corrected chi connectivity index (χ4v) is 1.11. The fourth-order valence-electron chi connectivity index (χ4n) is 1.11. The van der Waals surface area contributed by atoms with Crippen molar-refractivity contribution in [3.05, 3.63) is 17.6 Å². The van der Waals surface area contributed by atoms with Gasteiger partial charge in [0.05, 0.1) is 5.69 Å². The summed E-state index contributed by atoms with van der Waals surface area (Å²) in [7, 11) is 0. The number of nitrogens with one attached hydrogen (secondary N) is 2. The number of fused-ring (bicyclic) bond motifs is 1. The van der Waals surface area contributed by atoms with Crippen molar-refractivity contribution in [2.45, 2.75) is 20.0 Å². The van der Waals surface area contributed by atoms with E-state index in [0.717, 1.165) is 0 Å². The number of hydrogen-bond acceptors (Lipinski definition) is 2. The van der Waals surface area contributed by atoms with Crippen LogP contribution < -0.4 is 5.32 Å². The lowest BCUT2D eigenvalue weighted by atomic mass is 10.3. The van der Waals surface area contributed by atoms with Crippen LogP contribution in [-0.4, -0.2) is 16.5 Å². The number of imidazole rings is 1. The summed E-state index contributed by atoms with van der Waals surface area (Å²) in [4.78, 5) is 5.57. The van der Waals surface area contributed by atoms with Gasteiger partial charge in [0, 0.05) is 6.54 Å². The fraction of sp³-hybridized carbons (Fsp3) is 0.444. The van der Waals surface area contributed by atoms with Gasteiger partial charge in [-0.3, -0.25) is 0 Å². The molecule has 2 N–H and O–H groups in total. The summed E-state index contributed by atoms with van der Waals surface area (Å²) >= 11 is 0. The molecule has 1 aliphatic rings. The molecule has 2 heterocycles. The van der Waals surface area contributed by atoms with Crippen LogP contribution in [0.4, 0.5) is 19.0 Å². The highest BCUT2D eigenvalue weighted by atomic mass is 19.4. The second-order valence-corrected chi connectivity index (χ2v) is 2.63. The van der Waals surface area contributed by atoms with Gasteiger partial charge >= 0.3 is 6.18 Å². The van der Waals surface area contributed by atoms with Crippen LogP contribution in [-0.2, 0) is 6.18 Å². The molecule has 1 aliphatic heterocycles. The molecule has 0 spiro atoms. The Morgan fingerprint density at radius 3 is 2.53 bits per heavy atom. The molecule has 0 bridgehead atoms. The van der Waals surface area contributed by atoms with Crippen LogP contribution in [0.15, 0.2) is 6.08 Å². The molecule has 0 aromatic carbocycles. The number of rotatable bonds is 0. The summed E-state index contributed by atoms with van der Waals surface area (Å²) in [5.74, 6) is -0.702. The summed E-state index contributed by atoms with van der Waals surface area (Å²) in [5.41, 5.74) is 0.374. The highest BCUT2D eigenvalue weighted by molar-refractivity contribution is 5.63. The minimum absolute atomic E-state index is 0.259. The first-order valence-electron chi connectivity index (χ1n) is 4.65. The maximum Gasteiger partial charge on any atom is 0.449 e. The Morgan fingerprint density at radius 2 is 2.00 bits per heavy atom. The first-order chi connectivity index (χ1) is 7.07. The van der Waals surface area contributed by atoms with E-state index in [9.17, 15) is 13.2 Å². The lowest BCUT2D eigenvalue weighted by Crippen LogP contribution is -2.07. The molecule has 2 rings (SSSR count). The zero-order chi connectivity index (χ0) is 11.5. The van der Waals surface area contributed by atoms with E-state index in [-0.39, 0.29) is 5.82 Å². The third-order valence-electron chi connectivity index (χ3n) is 1.67. The average Bonchev–Trinajstić information content (AvgIpc) is 2.63. The minimum Gasteiger partial charge on any atom is -0.365 e. The second-order valence-electron chi connectivity index (χ2n) is 2.63. The van der Waals surface area contributed by atoms with Crippen molar-refractivity contribution in [1.82, 2.24) is 9.97 Å². The van der Waals surface area contributed by atoms with E-state index in [4.69, 9.17) is 0 Å². The largest absolute Gasteiger partial charge is 0.449 e. The molecule has 0 amide bonds. The van der Waals surface area contributed by atoms with Crippen molar-refractivity contribution in [2.24, 2.45) is 0 Å². The standard InChI is InChI=1S/C7H6F3N3.C2H6/c8-7(9,10)6-12-4-2-1-3-11-5(4)13-6;1-2/h1-2,11H,3H2,(H,12,13);1-2H3. The van der Waals surface area contributed by atoms with E-state index in [1.54, 1.807) is 12.2 Å². The van der Waals surface area contributed by atoms with Crippen LogP contribution in [0.2, 0.25) is 0 Å².